The monoisotopic (exact) mass is 278 g/mol. The standard InChI is InChI=1S/C16H23FN2O/c1-12(18)14-5-3-9-19(11-14)16(20)8-7-13-4-2-6-15(17)10-13/h2,4,6,10,12,14H,3,5,7-9,11,18H2,1H3/t12-,14-/m0/s1. The van der Waals surface area contributed by atoms with E-state index < -0.39 is 0 Å². The van der Waals surface area contributed by atoms with Crippen molar-refractivity contribution in [2.24, 2.45) is 11.7 Å². The summed E-state index contributed by atoms with van der Waals surface area (Å²) < 4.78 is 13.1. The highest BCUT2D eigenvalue weighted by Crippen LogP contribution is 2.19. The number of rotatable bonds is 4. The van der Waals surface area contributed by atoms with Crippen molar-refractivity contribution in [1.82, 2.24) is 4.90 Å². The quantitative estimate of drug-likeness (QED) is 0.919. The molecule has 20 heavy (non-hydrogen) atoms. The Balaban J connectivity index is 1.85. The number of benzene rings is 1. The maximum Gasteiger partial charge on any atom is 0.222 e. The van der Waals surface area contributed by atoms with E-state index in [1.807, 2.05) is 17.9 Å². The molecule has 1 aromatic carbocycles. The van der Waals surface area contributed by atoms with Gasteiger partial charge in [0.05, 0.1) is 0 Å². The molecule has 0 aromatic heterocycles. The first-order valence-electron chi connectivity index (χ1n) is 7.34. The molecule has 0 bridgehead atoms. The zero-order chi connectivity index (χ0) is 14.5. The minimum atomic E-state index is -0.245. The SMILES string of the molecule is C[C@H](N)[C@H]1CCCN(C(=O)CCc2cccc(F)c2)C1. The van der Waals surface area contributed by atoms with E-state index in [0.717, 1.165) is 31.5 Å². The molecule has 0 aliphatic carbocycles. The molecule has 0 unspecified atom stereocenters. The van der Waals surface area contributed by atoms with Crippen LogP contribution in [0.25, 0.3) is 0 Å². The Hall–Kier alpha value is -1.42. The van der Waals surface area contributed by atoms with Crippen LogP contribution in [0.5, 0.6) is 0 Å². The van der Waals surface area contributed by atoms with Gasteiger partial charge in [-0.05, 0) is 49.8 Å². The molecular weight excluding hydrogens is 255 g/mol. The number of carbonyl (C=O) groups excluding carboxylic acids is 1. The van der Waals surface area contributed by atoms with Crippen LogP contribution in [0.1, 0.15) is 31.7 Å². The van der Waals surface area contributed by atoms with Gasteiger partial charge in [-0.2, -0.15) is 0 Å². The third-order valence-corrected chi connectivity index (χ3v) is 4.07. The first-order chi connectivity index (χ1) is 9.56. The van der Waals surface area contributed by atoms with Crippen LogP contribution in [0.15, 0.2) is 24.3 Å². The van der Waals surface area contributed by atoms with Crippen molar-refractivity contribution >= 4 is 5.91 Å². The number of nitrogens with zero attached hydrogens (tertiary/aromatic N) is 1. The van der Waals surface area contributed by atoms with E-state index >= 15 is 0 Å². The fourth-order valence-corrected chi connectivity index (χ4v) is 2.77. The van der Waals surface area contributed by atoms with Gasteiger partial charge in [-0.3, -0.25) is 4.79 Å². The molecule has 0 radical (unpaired) electrons. The van der Waals surface area contributed by atoms with Gasteiger partial charge >= 0.3 is 0 Å². The minimum absolute atomic E-state index is 0.133. The summed E-state index contributed by atoms with van der Waals surface area (Å²) in [7, 11) is 0. The molecule has 0 spiro atoms. The predicted octanol–water partition coefficient (Wildman–Crippen LogP) is 2.34. The first kappa shape index (κ1) is 15.0. The summed E-state index contributed by atoms with van der Waals surface area (Å²) in [5.74, 6) is 0.312. The number of amides is 1. The van der Waals surface area contributed by atoms with Crippen LogP contribution in [0, 0.1) is 11.7 Å². The lowest BCUT2D eigenvalue weighted by Gasteiger charge is -2.34. The van der Waals surface area contributed by atoms with Crippen molar-refractivity contribution in [2.45, 2.75) is 38.6 Å². The molecule has 4 heteroatoms. The van der Waals surface area contributed by atoms with Gasteiger partial charge in [-0.15, -0.1) is 0 Å². The van der Waals surface area contributed by atoms with Gasteiger partial charge in [-0.25, -0.2) is 4.39 Å². The third kappa shape index (κ3) is 4.04. The van der Waals surface area contributed by atoms with Crippen LogP contribution in [0.3, 0.4) is 0 Å². The Bertz CT molecular complexity index is 462. The molecule has 0 saturated carbocycles. The molecule has 1 aliphatic heterocycles. The molecule has 2 rings (SSSR count). The van der Waals surface area contributed by atoms with E-state index in [0.29, 0.717) is 18.8 Å². The van der Waals surface area contributed by atoms with E-state index in [4.69, 9.17) is 5.73 Å². The van der Waals surface area contributed by atoms with Gasteiger partial charge < -0.3 is 10.6 Å². The molecule has 2 atom stereocenters. The van der Waals surface area contributed by atoms with Crippen molar-refractivity contribution in [1.29, 1.82) is 0 Å². The van der Waals surface area contributed by atoms with Gasteiger partial charge in [0.15, 0.2) is 0 Å². The summed E-state index contributed by atoms with van der Waals surface area (Å²) in [6, 6.07) is 6.59. The molecule has 3 nitrogen and oxygen atoms in total. The maximum atomic E-state index is 13.1. The number of hydrogen-bond donors (Lipinski definition) is 1. The summed E-state index contributed by atoms with van der Waals surface area (Å²) in [6.45, 7) is 3.59. The third-order valence-electron chi connectivity index (χ3n) is 4.07. The number of halogens is 1. The highest BCUT2D eigenvalue weighted by molar-refractivity contribution is 5.76. The number of carbonyl (C=O) groups is 1. The molecule has 1 aliphatic rings. The Labute approximate surface area is 120 Å². The highest BCUT2D eigenvalue weighted by atomic mass is 19.1. The Morgan fingerprint density at radius 3 is 3.05 bits per heavy atom. The summed E-state index contributed by atoms with van der Waals surface area (Å²) >= 11 is 0. The fourth-order valence-electron chi connectivity index (χ4n) is 2.77. The number of piperidine rings is 1. The molecule has 1 amide bonds. The van der Waals surface area contributed by atoms with Crippen LogP contribution >= 0.6 is 0 Å². The lowest BCUT2D eigenvalue weighted by Crippen LogP contribution is -2.45. The van der Waals surface area contributed by atoms with Crippen molar-refractivity contribution < 1.29 is 9.18 Å². The summed E-state index contributed by atoms with van der Waals surface area (Å²) in [4.78, 5) is 14.1. The van der Waals surface area contributed by atoms with E-state index in [9.17, 15) is 9.18 Å². The largest absolute Gasteiger partial charge is 0.342 e. The lowest BCUT2D eigenvalue weighted by atomic mass is 9.92. The molecule has 1 aromatic rings. The average Bonchev–Trinajstić information content (AvgIpc) is 2.45. The Kier molecular flexibility index (Phi) is 5.12. The number of hydrogen-bond acceptors (Lipinski definition) is 2. The zero-order valence-corrected chi connectivity index (χ0v) is 12.0. The van der Waals surface area contributed by atoms with Crippen LogP contribution in [-0.2, 0) is 11.2 Å². The van der Waals surface area contributed by atoms with E-state index in [-0.39, 0.29) is 17.8 Å². The van der Waals surface area contributed by atoms with Gasteiger partial charge in [0, 0.05) is 25.6 Å². The van der Waals surface area contributed by atoms with Crippen molar-refractivity contribution in [3.05, 3.63) is 35.6 Å². The topological polar surface area (TPSA) is 46.3 Å². The average molecular weight is 278 g/mol. The van der Waals surface area contributed by atoms with Gasteiger partial charge in [-0.1, -0.05) is 12.1 Å². The predicted molar refractivity (Wildman–Crippen MR) is 77.7 cm³/mol. The molecule has 2 N–H and O–H groups in total. The molecule has 110 valence electrons. The van der Waals surface area contributed by atoms with Crippen molar-refractivity contribution in [3.8, 4) is 0 Å². The summed E-state index contributed by atoms with van der Waals surface area (Å²) in [5.41, 5.74) is 6.81. The zero-order valence-electron chi connectivity index (χ0n) is 12.0. The van der Waals surface area contributed by atoms with E-state index in [2.05, 4.69) is 0 Å². The normalized spacial score (nSPS) is 20.8. The van der Waals surface area contributed by atoms with E-state index in [1.54, 1.807) is 6.07 Å². The second-order valence-corrected chi connectivity index (χ2v) is 5.73. The molecule has 1 heterocycles. The smallest absolute Gasteiger partial charge is 0.222 e. The molecular formula is C16H23FN2O. The van der Waals surface area contributed by atoms with Crippen LogP contribution in [0.2, 0.25) is 0 Å². The van der Waals surface area contributed by atoms with Gasteiger partial charge in [0.25, 0.3) is 0 Å². The second-order valence-electron chi connectivity index (χ2n) is 5.73. The summed E-state index contributed by atoms with van der Waals surface area (Å²) in [5, 5.41) is 0. The van der Waals surface area contributed by atoms with Crippen molar-refractivity contribution in [2.75, 3.05) is 13.1 Å². The molecule has 1 saturated heterocycles. The summed E-state index contributed by atoms with van der Waals surface area (Å²) in [6.07, 6.45) is 3.16. The lowest BCUT2D eigenvalue weighted by molar-refractivity contribution is -0.133. The van der Waals surface area contributed by atoms with Crippen LogP contribution in [-0.4, -0.2) is 29.9 Å². The Morgan fingerprint density at radius 2 is 2.35 bits per heavy atom. The second kappa shape index (κ2) is 6.84. The Morgan fingerprint density at radius 1 is 1.55 bits per heavy atom. The highest BCUT2D eigenvalue weighted by Gasteiger charge is 2.25. The minimum Gasteiger partial charge on any atom is -0.342 e. The molecule has 1 fully saturated rings. The maximum absolute atomic E-state index is 13.1. The van der Waals surface area contributed by atoms with Crippen LogP contribution < -0.4 is 5.73 Å². The number of nitrogens with two attached hydrogens (primary N) is 1. The van der Waals surface area contributed by atoms with E-state index in [1.165, 1.54) is 12.1 Å². The van der Waals surface area contributed by atoms with Crippen LogP contribution in [0.4, 0.5) is 4.39 Å². The first-order valence-corrected chi connectivity index (χ1v) is 7.34. The van der Waals surface area contributed by atoms with Gasteiger partial charge in [0.2, 0.25) is 5.91 Å². The number of likely N-dealkylation sites (tertiary alicyclic amines) is 1. The van der Waals surface area contributed by atoms with Crippen molar-refractivity contribution in [3.63, 3.8) is 0 Å². The fraction of sp³-hybridized carbons (Fsp3) is 0.562. The number of aryl methyl sites for hydroxylation is 1. The van der Waals surface area contributed by atoms with Gasteiger partial charge in [0.1, 0.15) is 5.82 Å².